The van der Waals surface area contributed by atoms with Crippen molar-refractivity contribution in [2.45, 2.75) is 0 Å². The fraction of sp³-hybridized carbons (Fsp3) is 0.385. The van der Waals surface area contributed by atoms with Gasteiger partial charge in [0, 0.05) is 44.4 Å². The van der Waals surface area contributed by atoms with Gasteiger partial charge in [-0.2, -0.15) is 0 Å². The van der Waals surface area contributed by atoms with Gasteiger partial charge >= 0.3 is 0 Å². The topological polar surface area (TPSA) is 61.4 Å². The molecule has 0 aromatic heterocycles. The number of amides is 2. The van der Waals surface area contributed by atoms with Gasteiger partial charge in [-0.15, -0.1) is 0 Å². The van der Waals surface area contributed by atoms with Crippen molar-refractivity contribution in [3.63, 3.8) is 0 Å². The molecule has 5 nitrogen and oxygen atoms in total. The number of carbonyl (C=O) groups is 2. The summed E-state index contributed by atoms with van der Waals surface area (Å²) in [5.74, 6) is -0.188. The quantitative estimate of drug-likeness (QED) is 0.778. The maximum Gasteiger partial charge on any atom is 0.253 e. The minimum atomic E-state index is -0.176. The van der Waals surface area contributed by atoms with E-state index in [0.29, 0.717) is 24.2 Å². The Bertz CT molecular complexity index is 453. The molecule has 0 bridgehead atoms. The Morgan fingerprint density at radius 1 is 1.22 bits per heavy atom. The van der Waals surface area contributed by atoms with E-state index in [1.165, 1.54) is 0 Å². The molecular weight excluding hydrogens is 230 g/mol. The highest BCUT2D eigenvalue weighted by Gasteiger charge is 2.18. The van der Waals surface area contributed by atoms with Crippen LogP contribution in [-0.4, -0.2) is 49.9 Å². The molecule has 1 aliphatic heterocycles. The Hall–Kier alpha value is -1.88. The number of hydrogen-bond acceptors (Lipinski definition) is 3. The number of carbonyl (C=O) groups excluding carboxylic acids is 2. The second-order valence-corrected chi connectivity index (χ2v) is 4.20. The van der Waals surface area contributed by atoms with Crippen molar-refractivity contribution in [3.05, 3.63) is 35.4 Å². The molecule has 2 amide bonds. The third kappa shape index (κ3) is 2.68. The highest BCUT2D eigenvalue weighted by atomic mass is 16.2. The first-order valence-electron chi connectivity index (χ1n) is 6.04. The molecule has 0 spiro atoms. The average Bonchev–Trinajstić information content (AvgIpc) is 2.46. The predicted molar refractivity (Wildman–Crippen MR) is 68.6 cm³/mol. The fourth-order valence-electron chi connectivity index (χ4n) is 1.99. The van der Waals surface area contributed by atoms with E-state index in [9.17, 15) is 9.59 Å². The first-order valence-corrected chi connectivity index (χ1v) is 6.04. The van der Waals surface area contributed by atoms with Crippen LogP contribution in [0.25, 0.3) is 0 Å². The van der Waals surface area contributed by atoms with Crippen LogP contribution in [0.4, 0.5) is 0 Å². The summed E-state index contributed by atoms with van der Waals surface area (Å²) in [5.41, 5.74) is 1.08. The molecule has 0 atom stereocenters. The summed E-state index contributed by atoms with van der Waals surface area (Å²) in [6.07, 6.45) is 0. The van der Waals surface area contributed by atoms with Crippen LogP contribution in [0.1, 0.15) is 20.7 Å². The van der Waals surface area contributed by atoms with Gasteiger partial charge in [-0.25, -0.2) is 0 Å². The van der Waals surface area contributed by atoms with E-state index in [4.69, 9.17) is 0 Å². The summed E-state index contributed by atoms with van der Waals surface area (Å²) in [5, 5.41) is 5.75. The van der Waals surface area contributed by atoms with E-state index in [1.807, 2.05) is 0 Å². The summed E-state index contributed by atoms with van der Waals surface area (Å²) >= 11 is 0. The standard InChI is InChI=1S/C13H17N3O2/c1-14-12(17)10-3-2-4-11(9-10)13(18)16-7-5-15-6-8-16/h2-4,9,15H,5-8H2,1H3,(H,14,17). The minimum absolute atomic E-state index is 0.0118. The first kappa shape index (κ1) is 12.6. The molecule has 1 aliphatic rings. The lowest BCUT2D eigenvalue weighted by molar-refractivity contribution is 0.0736. The van der Waals surface area contributed by atoms with E-state index in [0.717, 1.165) is 13.1 Å². The van der Waals surface area contributed by atoms with E-state index in [-0.39, 0.29) is 11.8 Å². The van der Waals surface area contributed by atoms with Gasteiger partial charge in [-0.3, -0.25) is 9.59 Å². The van der Waals surface area contributed by atoms with E-state index < -0.39 is 0 Å². The summed E-state index contributed by atoms with van der Waals surface area (Å²) in [6.45, 7) is 3.06. The van der Waals surface area contributed by atoms with Crippen LogP contribution in [0, 0.1) is 0 Å². The minimum Gasteiger partial charge on any atom is -0.355 e. The van der Waals surface area contributed by atoms with Crippen LogP contribution >= 0.6 is 0 Å². The van der Waals surface area contributed by atoms with Crippen molar-refractivity contribution < 1.29 is 9.59 Å². The lowest BCUT2D eigenvalue weighted by Crippen LogP contribution is -2.46. The second kappa shape index (κ2) is 5.64. The van der Waals surface area contributed by atoms with Gasteiger partial charge in [0.1, 0.15) is 0 Å². The van der Waals surface area contributed by atoms with Crippen LogP contribution in [0.5, 0.6) is 0 Å². The zero-order valence-corrected chi connectivity index (χ0v) is 10.4. The third-order valence-corrected chi connectivity index (χ3v) is 3.00. The number of nitrogens with zero attached hydrogens (tertiary/aromatic N) is 1. The van der Waals surface area contributed by atoms with Gasteiger partial charge in [-0.05, 0) is 18.2 Å². The lowest BCUT2D eigenvalue weighted by Gasteiger charge is -2.27. The largest absolute Gasteiger partial charge is 0.355 e. The van der Waals surface area contributed by atoms with Gasteiger partial charge in [0.05, 0.1) is 0 Å². The normalized spacial score (nSPS) is 15.3. The van der Waals surface area contributed by atoms with Gasteiger partial charge in [-0.1, -0.05) is 6.07 Å². The molecule has 0 unspecified atom stereocenters. The maximum atomic E-state index is 12.2. The number of benzene rings is 1. The molecule has 1 fully saturated rings. The molecule has 2 rings (SSSR count). The Labute approximate surface area is 106 Å². The second-order valence-electron chi connectivity index (χ2n) is 4.20. The Morgan fingerprint density at radius 3 is 2.56 bits per heavy atom. The lowest BCUT2D eigenvalue weighted by atomic mass is 10.1. The van der Waals surface area contributed by atoms with Crippen LogP contribution in [-0.2, 0) is 0 Å². The van der Waals surface area contributed by atoms with Crippen molar-refractivity contribution in [1.82, 2.24) is 15.5 Å². The molecule has 1 aromatic rings. The van der Waals surface area contributed by atoms with Crippen molar-refractivity contribution in [2.24, 2.45) is 0 Å². The Balaban J connectivity index is 2.17. The van der Waals surface area contributed by atoms with Crippen molar-refractivity contribution in [2.75, 3.05) is 33.2 Å². The van der Waals surface area contributed by atoms with Crippen molar-refractivity contribution >= 4 is 11.8 Å². The van der Waals surface area contributed by atoms with Crippen molar-refractivity contribution in [1.29, 1.82) is 0 Å². The van der Waals surface area contributed by atoms with E-state index >= 15 is 0 Å². The van der Waals surface area contributed by atoms with Crippen LogP contribution in [0.15, 0.2) is 24.3 Å². The summed E-state index contributed by atoms with van der Waals surface area (Å²) < 4.78 is 0. The molecule has 96 valence electrons. The van der Waals surface area contributed by atoms with Crippen LogP contribution < -0.4 is 10.6 Å². The van der Waals surface area contributed by atoms with Crippen LogP contribution in [0.2, 0.25) is 0 Å². The molecule has 18 heavy (non-hydrogen) atoms. The maximum absolute atomic E-state index is 12.2. The SMILES string of the molecule is CNC(=O)c1cccc(C(=O)N2CCNCC2)c1. The van der Waals surface area contributed by atoms with E-state index in [1.54, 1.807) is 36.2 Å². The van der Waals surface area contributed by atoms with Gasteiger partial charge in [0.15, 0.2) is 0 Å². The summed E-state index contributed by atoms with van der Waals surface area (Å²) in [4.78, 5) is 25.6. The smallest absolute Gasteiger partial charge is 0.253 e. The zero-order chi connectivity index (χ0) is 13.0. The molecule has 0 aliphatic carbocycles. The third-order valence-electron chi connectivity index (χ3n) is 3.00. The highest BCUT2D eigenvalue weighted by Crippen LogP contribution is 2.09. The summed E-state index contributed by atoms with van der Waals surface area (Å²) in [7, 11) is 1.58. The first-order chi connectivity index (χ1) is 8.72. The predicted octanol–water partition coefficient (Wildman–Crippen LogP) is 0.0916. The molecule has 1 saturated heterocycles. The number of hydrogen-bond donors (Lipinski definition) is 2. The van der Waals surface area contributed by atoms with Gasteiger partial charge < -0.3 is 15.5 Å². The number of piperazine rings is 1. The molecule has 0 radical (unpaired) electrons. The molecule has 2 N–H and O–H groups in total. The monoisotopic (exact) mass is 247 g/mol. The zero-order valence-electron chi connectivity index (χ0n) is 10.4. The molecule has 0 saturated carbocycles. The molecular formula is C13H17N3O2. The molecule has 1 aromatic carbocycles. The average molecular weight is 247 g/mol. The molecule has 5 heteroatoms. The van der Waals surface area contributed by atoms with E-state index in [2.05, 4.69) is 10.6 Å². The van der Waals surface area contributed by atoms with Crippen LogP contribution in [0.3, 0.4) is 0 Å². The van der Waals surface area contributed by atoms with Gasteiger partial charge in [0.2, 0.25) is 0 Å². The Morgan fingerprint density at radius 2 is 1.89 bits per heavy atom. The number of rotatable bonds is 2. The fourth-order valence-corrected chi connectivity index (χ4v) is 1.99. The summed E-state index contributed by atoms with van der Waals surface area (Å²) in [6, 6.07) is 6.83. The molecule has 1 heterocycles. The van der Waals surface area contributed by atoms with Gasteiger partial charge in [0.25, 0.3) is 11.8 Å². The number of nitrogens with one attached hydrogen (secondary N) is 2. The Kier molecular flexibility index (Phi) is 3.94. The van der Waals surface area contributed by atoms with Crippen molar-refractivity contribution in [3.8, 4) is 0 Å². The highest BCUT2D eigenvalue weighted by molar-refractivity contribution is 5.99.